The van der Waals surface area contributed by atoms with Crippen LogP contribution in [0.5, 0.6) is 5.75 Å². The number of benzene rings is 1. The summed E-state index contributed by atoms with van der Waals surface area (Å²) in [5.74, 6) is 1.17. The van der Waals surface area contributed by atoms with Gasteiger partial charge in [-0.05, 0) is 62.6 Å². The molecular formula is C18H24FNO3. The topological polar surface area (TPSA) is 38.8 Å². The summed E-state index contributed by atoms with van der Waals surface area (Å²) < 4.78 is 24.8. The van der Waals surface area contributed by atoms with Crippen LogP contribution >= 0.6 is 0 Å². The highest BCUT2D eigenvalue weighted by Gasteiger charge is 2.25. The molecule has 1 fully saturated rings. The van der Waals surface area contributed by atoms with Crippen LogP contribution in [0.1, 0.15) is 37.3 Å². The normalized spacial score (nSPS) is 17.9. The molecule has 0 spiro atoms. The van der Waals surface area contributed by atoms with E-state index in [2.05, 4.69) is 0 Å². The van der Waals surface area contributed by atoms with Gasteiger partial charge in [-0.2, -0.15) is 0 Å². The molecule has 23 heavy (non-hydrogen) atoms. The number of piperidine rings is 1. The molecule has 2 aliphatic rings. The Labute approximate surface area is 136 Å². The molecule has 3 rings (SSSR count). The number of hydrogen-bond donors (Lipinski definition) is 0. The van der Waals surface area contributed by atoms with E-state index in [1.54, 1.807) is 11.0 Å². The summed E-state index contributed by atoms with van der Waals surface area (Å²) in [5, 5.41) is 0. The maximum absolute atomic E-state index is 13.7. The fourth-order valence-corrected chi connectivity index (χ4v) is 3.47. The van der Waals surface area contributed by atoms with Crippen molar-refractivity contribution in [3.05, 3.63) is 29.1 Å². The second-order valence-corrected chi connectivity index (χ2v) is 6.30. The molecule has 0 bridgehead atoms. The van der Waals surface area contributed by atoms with Crippen LogP contribution < -0.4 is 4.74 Å². The largest absolute Gasteiger partial charge is 0.493 e. The van der Waals surface area contributed by atoms with Gasteiger partial charge in [-0.25, -0.2) is 9.18 Å². The van der Waals surface area contributed by atoms with E-state index in [1.165, 1.54) is 6.07 Å². The molecule has 0 atom stereocenters. The maximum atomic E-state index is 13.7. The summed E-state index contributed by atoms with van der Waals surface area (Å²) >= 11 is 0. The molecule has 5 heteroatoms. The third kappa shape index (κ3) is 3.59. The lowest BCUT2D eigenvalue weighted by Crippen LogP contribution is -2.40. The summed E-state index contributed by atoms with van der Waals surface area (Å²) in [7, 11) is 0. The Hall–Kier alpha value is -1.78. The van der Waals surface area contributed by atoms with Crippen LogP contribution in [0.3, 0.4) is 0 Å². The molecule has 0 saturated carbocycles. The first-order chi connectivity index (χ1) is 11.2. The molecule has 0 N–H and O–H groups in total. The minimum atomic E-state index is -0.219. The zero-order valence-electron chi connectivity index (χ0n) is 13.6. The number of hydrogen-bond acceptors (Lipinski definition) is 3. The summed E-state index contributed by atoms with van der Waals surface area (Å²) in [5.41, 5.74) is 1.88. The van der Waals surface area contributed by atoms with E-state index in [9.17, 15) is 9.18 Å². The van der Waals surface area contributed by atoms with Crippen LogP contribution in [0.4, 0.5) is 9.18 Å². The number of amides is 1. The van der Waals surface area contributed by atoms with Crippen LogP contribution in [0.15, 0.2) is 12.1 Å². The first kappa shape index (κ1) is 16.1. The van der Waals surface area contributed by atoms with E-state index in [-0.39, 0.29) is 11.9 Å². The fourth-order valence-electron chi connectivity index (χ4n) is 3.47. The van der Waals surface area contributed by atoms with Crippen molar-refractivity contribution in [2.45, 2.75) is 39.0 Å². The molecule has 1 aliphatic heterocycles. The lowest BCUT2D eigenvalue weighted by Gasteiger charge is -2.31. The lowest BCUT2D eigenvalue weighted by atomic mass is 9.98. The molecule has 0 aromatic heterocycles. The minimum Gasteiger partial charge on any atom is -0.493 e. The highest BCUT2D eigenvalue weighted by molar-refractivity contribution is 5.67. The number of carbonyl (C=O) groups excluding carboxylic acids is 1. The molecule has 1 saturated heterocycles. The van der Waals surface area contributed by atoms with Gasteiger partial charge in [-0.15, -0.1) is 0 Å². The average molecular weight is 321 g/mol. The van der Waals surface area contributed by atoms with E-state index in [4.69, 9.17) is 9.47 Å². The Morgan fingerprint density at radius 3 is 2.74 bits per heavy atom. The molecule has 0 radical (unpaired) electrons. The van der Waals surface area contributed by atoms with Crippen molar-refractivity contribution in [3.8, 4) is 5.75 Å². The Balaban J connectivity index is 1.51. The van der Waals surface area contributed by atoms with E-state index < -0.39 is 0 Å². The molecule has 126 valence electrons. The second-order valence-electron chi connectivity index (χ2n) is 6.30. The smallest absolute Gasteiger partial charge is 0.409 e. The van der Waals surface area contributed by atoms with Crippen molar-refractivity contribution < 1.29 is 18.7 Å². The highest BCUT2D eigenvalue weighted by Crippen LogP contribution is 2.33. The van der Waals surface area contributed by atoms with Gasteiger partial charge in [0.15, 0.2) is 0 Å². The quantitative estimate of drug-likeness (QED) is 0.851. The molecule has 1 aromatic rings. The minimum absolute atomic E-state index is 0.104. The molecule has 0 unspecified atom stereocenters. The molecule has 1 aromatic carbocycles. The second kappa shape index (κ2) is 7.20. The van der Waals surface area contributed by atoms with Gasteiger partial charge < -0.3 is 14.4 Å². The van der Waals surface area contributed by atoms with Crippen LogP contribution in [0, 0.1) is 11.7 Å². The molecule has 4 nitrogen and oxygen atoms in total. The van der Waals surface area contributed by atoms with E-state index >= 15 is 0 Å². The Bertz CT molecular complexity index is 568. The summed E-state index contributed by atoms with van der Waals surface area (Å²) in [6.07, 6.45) is 4.35. The van der Waals surface area contributed by atoms with Crippen LogP contribution in [0.25, 0.3) is 0 Å². The fraction of sp³-hybridized carbons (Fsp3) is 0.611. The summed E-state index contributed by atoms with van der Waals surface area (Å²) in [6.45, 7) is 4.30. The molecular weight excluding hydrogens is 297 g/mol. The maximum Gasteiger partial charge on any atom is 0.409 e. The highest BCUT2D eigenvalue weighted by atomic mass is 19.1. The van der Waals surface area contributed by atoms with Crippen LogP contribution in [-0.4, -0.2) is 37.3 Å². The average Bonchev–Trinajstić information content (AvgIpc) is 3.06. The van der Waals surface area contributed by atoms with Crippen molar-refractivity contribution in [2.24, 2.45) is 5.92 Å². The summed E-state index contributed by atoms with van der Waals surface area (Å²) in [6, 6.07) is 3.27. The molecule has 1 amide bonds. The first-order valence-corrected chi connectivity index (χ1v) is 8.53. The number of halogens is 1. The number of fused-ring (bicyclic) bond motifs is 1. The number of ether oxygens (including phenoxy) is 2. The third-order valence-corrected chi connectivity index (χ3v) is 4.80. The number of nitrogens with zero attached hydrogens (tertiary/aromatic N) is 1. The van der Waals surface area contributed by atoms with Gasteiger partial charge in [-0.3, -0.25) is 0 Å². The predicted octanol–water partition coefficient (Wildman–Crippen LogP) is 3.56. The van der Waals surface area contributed by atoms with Gasteiger partial charge in [0.05, 0.1) is 13.2 Å². The van der Waals surface area contributed by atoms with Gasteiger partial charge in [0.2, 0.25) is 0 Å². The monoisotopic (exact) mass is 321 g/mol. The van der Waals surface area contributed by atoms with Gasteiger partial charge >= 0.3 is 6.09 Å². The molecule has 1 heterocycles. The van der Waals surface area contributed by atoms with E-state index in [0.717, 1.165) is 49.0 Å². The Kier molecular flexibility index (Phi) is 5.03. The Morgan fingerprint density at radius 1 is 1.26 bits per heavy atom. The third-order valence-electron chi connectivity index (χ3n) is 4.80. The number of carbonyl (C=O) groups is 1. The lowest BCUT2D eigenvalue weighted by molar-refractivity contribution is 0.0844. The van der Waals surface area contributed by atoms with E-state index in [0.29, 0.717) is 32.2 Å². The predicted molar refractivity (Wildman–Crippen MR) is 85.2 cm³/mol. The van der Waals surface area contributed by atoms with Crippen molar-refractivity contribution in [2.75, 3.05) is 26.3 Å². The standard InChI is InChI=1S/C18H24FNO3/c1-2-22-18(21)20-10-8-13(9-11-20)12-23-17-7-6-16(19)14-4-3-5-15(14)17/h6-7,13H,2-5,8-12H2,1H3. The van der Waals surface area contributed by atoms with Gasteiger partial charge in [0.1, 0.15) is 11.6 Å². The molecule has 1 aliphatic carbocycles. The van der Waals surface area contributed by atoms with Crippen LogP contribution in [0.2, 0.25) is 0 Å². The Morgan fingerprint density at radius 2 is 2.00 bits per heavy atom. The van der Waals surface area contributed by atoms with Gasteiger partial charge in [-0.1, -0.05) is 0 Å². The SMILES string of the molecule is CCOC(=O)N1CCC(COc2ccc(F)c3c2CCC3)CC1. The zero-order chi connectivity index (χ0) is 16.2. The van der Waals surface area contributed by atoms with Crippen LogP contribution in [-0.2, 0) is 17.6 Å². The first-order valence-electron chi connectivity index (χ1n) is 8.53. The van der Waals surface area contributed by atoms with Gasteiger partial charge in [0, 0.05) is 18.7 Å². The van der Waals surface area contributed by atoms with E-state index in [1.807, 2.05) is 6.92 Å². The summed E-state index contributed by atoms with van der Waals surface area (Å²) in [4.78, 5) is 13.4. The van der Waals surface area contributed by atoms with Gasteiger partial charge in [0.25, 0.3) is 0 Å². The zero-order valence-corrected chi connectivity index (χ0v) is 13.6. The number of rotatable bonds is 4. The van der Waals surface area contributed by atoms with Crippen molar-refractivity contribution in [3.63, 3.8) is 0 Å². The van der Waals surface area contributed by atoms with Crippen molar-refractivity contribution in [1.82, 2.24) is 4.90 Å². The van der Waals surface area contributed by atoms with Crippen molar-refractivity contribution >= 4 is 6.09 Å². The number of likely N-dealkylation sites (tertiary alicyclic amines) is 1. The van der Waals surface area contributed by atoms with Crippen molar-refractivity contribution in [1.29, 1.82) is 0 Å².